The van der Waals surface area contributed by atoms with E-state index in [-0.39, 0.29) is 0 Å². The Kier molecular flexibility index (Phi) is 7.09. The number of nitrogens with zero attached hydrogens (tertiary/aromatic N) is 1. The first-order chi connectivity index (χ1) is 8.20. The van der Waals surface area contributed by atoms with Crippen molar-refractivity contribution in [2.45, 2.75) is 70.6 Å². The highest BCUT2D eigenvalue weighted by molar-refractivity contribution is 4.84. The van der Waals surface area contributed by atoms with Gasteiger partial charge in [-0.2, -0.15) is 0 Å². The highest BCUT2D eigenvalue weighted by Crippen LogP contribution is 2.21. The van der Waals surface area contributed by atoms with Crippen molar-refractivity contribution in [1.82, 2.24) is 4.90 Å². The van der Waals surface area contributed by atoms with Crippen LogP contribution in [0.5, 0.6) is 0 Å². The van der Waals surface area contributed by atoms with E-state index >= 15 is 0 Å². The summed E-state index contributed by atoms with van der Waals surface area (Å²) in [6, 6.07) is 1.09. The molecule has 0 aliphatic carbocycles. The summed E-state index contributed by atoms with van der Waals surface area (Å²) >= 11 is 0. The van der Waals surface area contributed by atoms with E-state index in [0.717, 1.165) is 19.6 Å². The van der Waals surface area contributed by atoms with Crippen LogP contribution in [-0.2, 0) is 4.74 Å². The third-order valence-corrected chi connectivity index (χ3v) is 4.10. The Morgan fingerprint density at radius 3 is 2.65 bits per heavy atom. The summed E-state index contributed by atoms with van der Waals surface area (Å²) in [4.78, 5) is 2.46. The fraction of sp³-hybridized carbons (Fsp3) is 1.00. The molecule has 0 amide bonds. The lowest BCUT2D eigenvalue weighted by Crippen LogP contribution is -2.47. The maximum absolute atomic E-state index is 5.92. The zero-order valence-electron chi connectivity index (χ0n) is 11.8. The van der Waals surface area contributed by atoms with E-state index in [2.05, 4.69) is 25.8 Å². The van der Waals surface area contributed by atoms with Crippen molar-refractivity contribution in [2.24, 2.45) is 5.73 Å². The van der Waals surface area contributed by atoms with E-state index in [1.807, 2.05) is 0 Å². The molecule has 0 aromatic rings. The van der Waals surface area contributed by atoms with Crippen molar-refractivity contribution in [2.75, 3.05) is 20.2 Å². The van der Waals surface area contributed by atoms with Crippen LogP contribution < -0.4 is 5.73 Å². The van der Waals surface area contributed by atoms with Gasteiger partial charge in [-0.15, -0.1) is 0 Å². The zero-order chi connectivity index (χ0) is 12.7. The molecule has 1 rings (SSSR count). The van der Waals surface area contributed by atoms with Crippen LogP contribution in [0.2, 0.25) is 0 Å². The Hall–Kier alpha value is -0.120. The maximum Gasteiger partial charge on any atom is 0.0703 e. The van der Waals surface area contributed by atoms with E-state index in [0.29, 0.717) is 18.2 Å². The second-order valence-corrected chi connectivity index (χ2v) is 5.34. The van der Waals surface area contributed by atoms with E-state index in [1.165, 1.54) is 32.1 Å². The number of hydrogen-bond donors (Lipinski definition) is 1. The summed E-state index contributed by atoms with van der Waals surface area (Å²) in [5.41, 5.74) is 5.92. The van der Waals surface area contributed by atoms with Gasteiger partial charge < -0.3 is 10.5 Å². The van der Waals surface area contributed by atoms with E-state index < -0.39 is 0 Å². The van der Waals surface area contributed by atoms with Crippen molar-refractivity contribution >= 4 is 0 Å². The average Bonchev–Trinajstić information content (AvgIpc) is 2.75. The monoisotopic (exact) mass is 242 g/mol. The molecule has 1 saturated heterocycles. The lowest BCUT2D eigenvalue weighted by atomic mass is 10.0. The van der Waals surface area contributed by atoms with Crippen LogP contribution in [0.25, 0.3) is 0 Å². The number of unbranched alkanes of at least 4 members (excludes halogenated alkanes) is 3. The van der Waals surface area contributed by atoms with Crippen LogP contribution in [0, 0.1) is 0 Å². The fourth-order valence-corrected chi connectivity index (χ4v) is 2.82. The van der Waals surface area contributed by atoms with Crippen molar-refractivity contribution in [3.63, 3.8) is 0 Å². The molecule has 0 spiro atoms. The molecule has 1 aliphatic rings. The topological polar surface area (TPSA) is 38.5 Å². The van der Waals surface area contributed by atoms with Crippen LogP contribution in [0.4, 0.5) is 0 Å². The predicted octanol–water partition coefficient (Wildman–Crippen LogP) is 2.39. The van der Waals surface area contributed by atoms with Crippen molar-refractivity contribution in [3.8, 4) is 0 Å². The van der Waals surface area contributed by atoms with Crippen LogP contribution in [0.1, 0.15) is 52.4 Å². The highest BCUT2D eigenvalue weighted by Gasteiger charge is 2.30. The summed E-state index contributed by atoms with van der Waals surface area (Å²) in [5.74, 6) is 0. The van der Waals surface area contributed by atoms with Gasteiger partial charge in [0.1, 0.15) is 0 Å². The number of rotatable bonds is 8. The van der Waals surface area contributed by atoms with Gasteiger partial charge in [0.25, 0.3) is 0 Å². The quantitative estimate of drug-likeness (QED) is 0.664. The molecule has 1 aliphatic heterocycles. The van der Waals surface area contributed by atoms with Gasteiger partial charge in [0.05, 0.1) is 6.10 Å². The summed E-state index contributed by atoms with van der Waals surface area (Å²) in [6.45, 7) is 6.11. The average molecular weight is 242 g/mol. The Morgan fingerprint density at radius 2 is 2.12 bits per heavy atom. The minimum atomic E-state index is 0.365. The molecule has 1 heterocycles. The lowest BCUT2D eigenvalue weighted by Gasteiger charge is -2.33. The standard InChI is InChI=1S/C14H30N2O/c1-4-5-6-7-8-13(11-15)16(3)14-9-10-17-12(14)2/h12-14H,4-11,15H2,1-3H3. The molecular weight excluding hydrogens is 212 g/mol. The third kappa shape index (κ3) is 4.57. The largest absolute Gasteiger partial charge is 0.377 e. The Balaban J connectivity index is 2.32. The van der Waals surface area contributed by atoms with Crippen LogP contribution in [0.3, 0.4) is 0 Å². The second-order valence-electron chi connectivity index (χ2n) is 5.34. The molecule has 3 heteroatoms. The van der Waals surface area contributed by atoms with Gasteiger partial charge in [0.15, 0.2) is 0 Å². The molecule has 1 fully saturated rings. The zero-order valence-corrected chi connectivity index (χ0v) is 11.8. The summed E-state index contributed by atoms with van der Waals surface area (Å²) < 4.78 is 5.64. The van der Waals surface area contributed by atoms with Gasteiger partial charge in [-0.05, 0) is 26.8 Å². The maximum atomic E-state index is 5.92. The second kappa shape index (κ2) is 8.06. The lowest BCUT2D eigenvalue weighted by molar-refractivity contribution is 0.0665. The molecule has 3 nitrogen and oxygen atoms in total. The predicted molar refractivity (Wildman–Crippen MR) is 73.2 cm³/mol. The molecule has 0 bridgehead atoms. The molecule has 3 atom stereocenters. The number of ether oxygens (including phenoxy) is 1. The SMILES string of the molecule is CCCCCCC(CN)N(C)C1CCOC1C. The van der Waals surface area contributed by atoms with Gasteiger partial charge in [0, 0.05) is 25.2 Å². The molecule has 0 aromatic carbocycles. The normalized spacial score (nSPS) is 26.6. The molecule has 2 N–H and O–H groups in total. The van der Waals surface area contributed by atoms with Crippen molar-refractivity contribution < 1.29 is 4.74 Å². The van der Waals surface area contributed by atoms with Crippen LogP contribution in [0.15, 0.2) is 0 Å². The molecule has 0 radical (unpaired) electrons. The van der Waals surface area contributed by atoms with Crippen molar-refractivity contribution in [3.05, 3.63) is 0 Å². The van der Waals surface area contributed by atoms with E-state index in [1.54, 1.807) is 0 Å². The third-order valence-electron chi connectivity index (χ3n) is 4.10. The first-order valence-corrected chi connectivity index (χ1v) is 7.24. The minimum absolute atomic E-state index is 0.365. The molecule has 0 saturated carbocycles. The van der Waals surface area contributed by atoms with Gasteiger partial charge in [-0.3, -0.25) is 4.90 Å². The van der Waals surface area contributed by atoms with Gasteiger partial charge >= 0.3 is 0 Å². The van der Waals surface area contributed by atoms with E-state index in [9.17, 15) is 0 Å². The number of nitrogens with two attached hydrogens (primary N) is 1. The minimum Gasteiger partial charge on any atom is -0.377 e. The van der Waals surface area contributed by atoms with E-state index in [4.69, 9.17) is 10.5 Å². The molecule has 102 valence electrons. The Morgan fingerprint density at radius 1 is 1.35 bits per heavy atom. The molecule has 17 heavy (non-hydrogen) atoms. The van der Waals surface area contributed by atoms with Crippen molar-refractivity contribution in [1.29, 1.82) is 0 Å². The number of likely N-dealkylation sites (N-methyl/N-ethyl adjacent to an activating group) is 1. The van der Waals surface area contributed by atoms with Gasteiger partial charge in [-0.1, -0.05) is 32.6 Å². The summed E-state index contributed by atoms with van der Waals surface area (Å²) in [7, 11) is 2.22. The first-order valence-electron chi connectivity index (χ1n) is 7.24. The van der Waals surface area contributed by atoms with Gasteiger partial charge in [-0.25, -0.2) is 0 Å². The summed E-state index contributed by atoms with van der Waals surface area (Å²) in [6.07, 6.45) is 8.06. The smallest absolute Gasteiger partial charge is 0.0703 e. The van der Waals surface area contributed by atoms with Crippen LogP contribution >= 0.6 is 0 Å². The van der Waals surface area contributed by atoms with Gasteiger partial charge in [0.2, 0.25) is 0 Å². The summed E-state index contributed by atoms with van der Waals surface area (Å²) in [5, 5.41) is 0. The molecule has 3 unspecified atom stereocenters. The highest BCUT2D eigenvalue weighted by atomic mass is 16.5. The Labute approximate surface area is 107 Å². The molecular formula is C14H30N2O. The molecule has 0 aromatic heterocycles. The van der Waals surface area contributed by atoms with Crippen LogP contribution in [-0.4, -0.2) is 43.3 Å². The first kappa shape index (κ1) is 14.9. The Bertz CT molecular complexity index is 199. The number of hydrogen-bond acceptors (Lipinski definition) is 3. The fourth-order valence-electron chi connectivity index (χ4n) is 2.82.